The van der Waals surface area contributed by atoms with Crippen molar-refractivity contribution < 1.29 is 4.74 Å². The molecular weight excluding hydrogens is 254 g/mol. The molecule has 0 aliphatic heterocycles. The lowest BCUT2D eigenvalue weighted by molar-refractivity contribution is 0.109. The van der Waals surface area contributed by atoms with Gasteiger partial charge >= 0.3 is 0 Å². The number of ether oxygens (including phenoxy) is 1. The van der Waals surface area contributed by atoms with Crippen LogP contribution in [0.5, 0.6) is 0 Å². The van der Waals surface area contributed by atoms with Crippen molar-refractivity contribution in [3.05, 3.63) is 41.7 Å². The molecule has 0 spiro atoms. The van der Waals surface area contributed by atoms with Gasteiger partial charge in [-0.15, -0.1) is 5.10 Å². The lowest BCUT2D eigenvalue weighted by Gasteiger charge is -2.23. The molecule has 0 saturated heterocycles. The number of rotatable bonds is 7. The predicted molar refractivity (Wildman–Crippen MR) is 76.2 cm³/mol. The first-order chi connectivity index (χ1) is 9.70. The first-order valence-electron chi connectivity index (χ1n) is 6.69. The van der Waals surface area contributed by atoms with Crippen LogP contribution in [0.1, 0.15) is 18.3 Å². The minimum Gasteiger partial charge on any atom is -0.383 e. The topological polar surface area (TPSA) is 56.1 Å². The Bertz CT molecular complexity index is 513. The molecule has 1 unspecified atom stereocenters. The van der Waals surface area contributed by atoms with Crippen LogP contribution in [-0.4, -0.2) is 51.9 Å². The van der Waals surface area contributed by atoms with E-state index in [1.165, 1.54) is 5.56 Å². The molecule has 6 nitrogen and oxygen atoms in total. The van der Waals surface area contributed by atoms with Crippen LogP contribution < -0.4 is 0 Å². The summed E-state index contributed by atoms with van der Waals surface area (Å²) in [6, 6.07) is 10.5. The number of benzene rings is 1. The van der Waals surface area contributed by atoms with E-state index in [1.807, 2.05) is 29.9 Å². The third-order valence-corrected chi connectivity index (χ3v) is 3.33. The van der Waals surface area contributed by atoms with Crippen LogP contribution in [-0.2, 0) is 17.8 Å². The molecule has 0 bridgehead atoms. The highest BCUT2D eigenvalue weighted by Crippen LogP contribution is 2.06. The Morgan fingerprint density at radius 1 is 1.30 bits per heavy atom. The van der Waals surface area contributed by atoms with Crippen molar-refractivity contribution in [1.82, 2.24) is 25.1 Å². The quantitative estimate of drug-likeness (QED) is 0.759. The molecule has 0 N–H and O–H groups in total. The normalized spacial score (nSPS) is 12.8. The van der Waals surface area contributed by atoms with Crippen LogP contribution in [0.25, 0.3) is 0 Å². The van der Waals surface area contributed by atoms with E-state index < -0.39 is 0 Å². The predicted octanol–water partition coefficient (Wildman–Crippen LogP) is 1.19. The van der Waals surface area contributed by atoms with Crippen molar-refractivity contribution in [3.63, 3.8) is 0 Å². The Balaban J connectivity index is 2.01. The highest BCUT2D eigenvalue weighted by Gasteiger charge is 2.14. The Kier molecular flexibility index (Phi) is 5.20. The molecule has 0 radical (unpaired) electrons. The molecule has 6 heteroatoms. The van der Waals surface area contributed by atoms with Crippen LogP contribution in [0.3, 0.4) is 0 Å². The van der Waals surface area contributed by atoms with Crippen molar-refractivity contribution in [2.75, 3.05) is 20.8 Å². The van der Waals surface area contributed by atoms with Gasteiger partial charge in [0.15, 0.2) is 5.82 Å². The van der Waals surface area contributed by atoms with Gasteiger partial charge in [0.25, 0.3) is 0 Å². The minimum atomic E-state index is 0.321. The Labute approximate surface area is 119 Å². The highest BCUT2D eigenvalue weighted by atomic mass is 16.5. The third-order valence-electron chi connectivity index (χ3n) is 3.33. The molecular formula is C14H21N5O. The summed E-state index contributed by atoms with van der Waals surface area (Å²) in [6.45, 7) is 4.20. The van der Waals surface area contributed by atoms with Gasteiger partial charge in [0, 0.05) is 13.2 Å². The van der Waals surface area contributed by atoms with Gasteiger partial charge in [-0.3, -0.25) is 4.90 Å². The van der Waals surface area contributed by atoms with Crippen LogP contribution in [0.2, 0.25) is 0 Å². The average molecular weight is 275 g/mol. The number of hydrogen-bond donors (Lipinski definition) is 0. The van der Waals surface area contributed by atoms with Crippen molar-refractivity contribution in [2.24, 2.45) is 0 Å². The van der Waals surface area contributed by atoms with Crippen molar-refractivity contribution in [3.8, 4) is 0 Å². The standard InChI is InChI=1S/C14H21N5O/c1-12(11-20-3)18(2)10-14-15-16-17-19(14)9-13-7-5-4-6-8-13/h4-8,12H,9-11H2,1-3H3. The van der Waals surface area contributed by atoms with Gasteiger partial charge in [-0.25, -0.2) is 4.68 Å². The van der Waals surface area contributed by atoms with E-state index in [1.54, 1.807) is 7.11 Å². The zero-order valence-electron chi connectivity index (χ0n) is 12.2. The van der Waals surface area contributed by atoms with Gasteiger partial charge in [0.1, 0.15) is 0 Å². The summed E-state index contributed by atoms with van der Waals surface area (Å²) in [5, 5.41) is 12.0. The summed E-state index contributed by atoms with van der Waals surface area (Å²) in [5.74, 6) is 0.860. The second-order valence-electron chi connectivity index (χ2n) is 4.96. The second-order valence-corrected chi connectivity index (χ2v) is 4.96. The van der Waals surface area contributed by atoms with Crippen LogP contribution in [0, 0.1) is 0 Å². The van der Waals surface area contributed by atoms with E-state index in [4.69, 9.17) is 4.74 Å². The van der Waals surface area contributed by atoms with E-state index >= 15 is 0 Å². The fourth-order valence-corrected chi connectivity index (χ4v) is 1.96. The summed E-state index contributed by atoms with van der Waals surface area (Å²) < 4.78 is 7.01. The minimum absolute atomic E-state index is 0.321. The summed E-state index contributed by atoms with van der Waals surface area (Å²) in [4.78, 5) is 2.18. The molecule has 2 rings (SSSR count). The lowest BCUT2D eigenvalue weighted by atomic mass is 10.2. The summed E-state index contributed by atoms with van der Waals surface area (Å²) in [6.07, 6.45) is 0. The molecule has 0 amide bonds. The van der Waals surface area contributed by atoms with E-state index in [9.17, 15) is 0 Å². The molecule has 1 aromatic heterocycles. The van der Waals surface area contributed by atoms with E-state index in [2.05, 4.69) is 39.5 Å². The second kappa shape index (κ2) is 7.12. The maximum absolute atomic E-state index is 5.17. The molecule has 2 aromatic rings. The molecule has 1 heterocycles. The first-order valence-corrected chi connectivity index (χ1v) is 6.69. The van der Waals surface area contributed by atoms with Gasteiger partial charge in [0.05, 0.1) is 19.7 Å². The fourth-order valence-electron chi connectivity index (χ4n) is 1.96. The Morgan fingerprint density at radius 2 is 2.05 bits per heavy atom. The van der Waals surface area contributed by atoms with Gasteiger partial charge < -0.3 is 4.74 Å². The SMILES string of the molecule is COCC(C)N(C)Cc1nnnn1Cc1ccccc1. The molecule has 108 valence electrons. The summed E-state index contributed by atoms with van der Waals surface area (Å²) in [7, 11) is 3.76. The average Bonchev–Trinajstić information content (AvgIpc) is 2.87. The molecule has 20 heavy (non-hydrogen) atoms. The van der Waals surface area contributed by atoms with Crippen molar-refractivity contribution in [2.45, 2.75) is 26.1 Å². The number of nitrogens with zero attached hydrogens (tertiary/aromatic N) is 5. The Morgan fingerprint density at radius 3 is 2.75 bits per heavy atom. The van der Waals surface area contributed by atoms with Gasteiger partial charge in [-0.05, 0) is 30.0 Å². The molecule has 0 fully saturated rings. The number of likely N-dealkylation sites (N-methyl/N-ethyl adjacent to an activating group) is 1. The number of tetrazole rings is 1. The van der Waals surface area contributed by atoms with E-state index in [-0.39, 0.29) is 0 Å². The van der Waals surface area contributed by atoms with Crippen LogP contribution >= 0.6 is 0 Å². The monoisotopic (exact) mass is 275 g/mol. The van der Waals surface area contributed by atoms with Crippen LogP contribution in [0.4, 0.5) is 0 Å². The highest BCUT2D eigenvalue weighted by molar-refractivity contribution is 5.14. The van der Waals surface area contributed by atoms with E-state index in [0.717, 1.165) is 5.82 Å². The smallest absolute Gasteiger partial charge is 0.165 e. The van der Waals surface area contributed by atoms with Gasteiger partial charge in [-0.2, -0.15) is 0 Å². The van der Waals surface area contributed by atoms with Crippen molar-refractivity contribution in [1.29, 1.82) is 0 Å². The number of hydrogen-bond acceptors (Lipinski definition) is 5. The molecule has 0 aliphatic rings. The lowest BCUT2D eigenvalue weighted by Crippen LogP contribution is -2.33. The molecule has 1 atom stereocenters. The first kappa shape index (κ1) is 14.6. The molecule has 0 aliphatic carbocycles. The van der Waals surface area contributed by atoms with Gasteiger partial charge in [0.2, 0.25) is 0 Å². The zero-order chi connectivity index (χ0) is 14.4. The zero-order valence-corrected chi connectivity index (χ0v) is 12.2. The fraction of sp³-hybridized carbons (Fsp3) is 0.500. The van der Waals surface area contributed by atoms with Gasteiger partial charge in [-0.1, -0.05) is 30.3 Å². The third kappa shape index (κ3) is 3.85. The summed E-state index contributed by atoms with van der Waals surface area (Å²) in [5.41, 5.74) is 1.19. The number of methoxy groups -OCH3 is 1. The molecule has 1 aromatic carbocycles. The van der Waals surface area contributed by atoms with Crippen molar-refractivity contribution >= 4 is 0 Å². The Hall–Kier alpha value is -1.79. The largest absolute Gasteiger partial charge is 0.383 e. The van der Waals surface area contributed by atoms with E-state index in [0.29, 0.717) is 25.7 Å². The molecule has 0 saturated carbocycles. The summed E-state index contributed by atoms with van der Waals surface area (Å²) >= 11 is 0. The number of aromatic nitrogens is 4. The maximum Gasteiger partial charge on any atom is 0.165 e. The maximum atomic E-state index is 5.17. The van der Waals surface area contributed by atoms with Crippen LogP contribution in [0.15, 0.2) is 30.3 Å².